The number of benzene rings is 2. The predicted molar refractivity (Wildman–Crippen MR) is 90.5 cm³/mol. The van der Waals surface area contributed by atoms with Gasteiger partial charge in [-0.2, -0.15) is 5.10 Å². The Morgan fingerprint density at radius 2 is 1.48 bits per heavy atom. The van der Waals surface area contributed by atoms with Crippen LogP contribution in [0.5, 0.6) is 0 Å². The van der Waals surface area contributed by atoms with E-state index >= 15 is 0 Å². The van der Waals surface area contributed by atoms with Gasteiger partial charge in [0.05, 0.1) is 17.6 Å². The van der Waals surface area contributed by atoms with E-state index in [1.165, 1.54) is 4.68 Å². The van der Waals surface area contributed by atoms with Crippen LogP contribution in [0, 0.1) is 0 Å². The molecular formula is C18H14N4O. The van der Waals surface area contributed by atoms with Gasteiger partial charge in [-0.3, -0.25) is 4.79 Å². The molecule has 0 aliphatic heterocycles. The molecule has 2 aromatic heterocycles. The van der Waals surface area contributed by atoms with E-state index in [0.717, 1.165) is 16.8 Å². The molecule has 4 aromatic rings. The fourth-order valence-corrected chi connectivity index (χ4v) is 2.64. The minimum Gasteiger partial charge on any atom is -0.336 e. The van der Waals surface area contributed by atoms with Crippen LogP contribution in [-0.4, -0.2) is 14.3 Å². The molecule has 0 saturated carbocycles. The molecule has 0 bridgehead atoms. The summed E-state index contributed by atoms with van der Waals surface area (Å²) in [5, 5.41) is 4.52. The molecule has 23 heavy (non-hydrogen) atoms. The summed E-state index contributed by atoms with van der Waals surface area (Å²) < 4.78 is 2.76. The smallest absolute Gasteiger partial charge is 0.295 e. The van der Waals surface area contributed by atoms with Gasteiger partial charge in [0.2, 0.25) is 0 Å². The second-order valence-corrected chi connectivity index (χ2v) is 5.28. The molecule has 0 fully saturated rings. The summed E-state index contributed by atoms with van der Waals surface area (Å²) >= 11 is 0. The maximum atomic E-state index is 12.5. The van der Waals surface area contributed by atoms with Crippen molar-refractivity contribution < 1.29 is 0 Å². The minimum absolute atomic E-state index is 0.277. The van der Waals surface area contributed by atoms with Gasteiger partial charge < -0.3 is 5.84 Å². The average Bonchev–Trinajstić information content (AvgIpc) is 3.04. The van der Waals surface area contributed by atoms with Crippen LogP contribution in [0.4, 0.5) is 0 Å². The molecule has 0 aliphatic carbocycles. The molecule has 2 aromatic carbocycles. The van der Waals surface area contributed by atoms with Gasteiger partial charge in [0, 0.05) is 11.1 Å². The molecule has 0 spiro atoms. The Bertz CT molecular complexity index is 1030. The van der Waals surface area contributed by atoms with Crippen LogP contribution in [-0.2, 0) is 0 Å². The number of rotatable bonds is 2. The van der Waals surface area contributed by atoms with Crippen molar-refractivity contribution in [2.24, 2.45) is 0 Å². The van der Waals surface area contributed by atoms with Crippen LogP contribution in [0.3, 0.4) is 0 Å². The first-order chi connectivity index (χ1) is 11.2. The largest absolute Gasteiger partial charge is 0.336 e. The summed E-state index contributed by atoms with van der Waals surface area (Å²) in [6.07, 6.45) is 1.78. The van der Waals surface area contributed by atoms with Gasteiger partial charge >= 0.3 is 0 Å². The van der Waals surface area contributed by atoms with E-state index in [1.54, 1.807) is 16.8 Å². The number of hydrogen-bond acceptors (Lipinski definition) is 3. The number of hydrogen-bond donors (Lipinski definition) is 1. The van der Waals surface area contributed by atoms with Gasteiger partial charge in [-0.25, -0.2) is 9.19 Å². The first-order valence-electron chi connectivity index (χ1n) is 7.25. The molecule has 112 valence electrons. The topological polar surface area (TPSA) is 65.3 Å². The third kappa shape index (κ3) is 2.19. The highest BCUT2D eigenvalue weighted by Gasteiger charge is 2.12. The summed E-state index contributed by atoms with van der Waals surface area (Å²) in [6.45, 7) is 0. The molecule has 5 nitrogen and oxygen atoms in total. The second-order valence-electron chi connectivity index (χ2n) is 5.28. The van der Waals surface area contributed by atoms with Crippen LogP contribution in [0.15, 0.2) is 77.7 Å². The van der Waals surface area contributed by atoms with Gasteiger partial charge in [0.1, 0.15) is 5.52 Å². The zero-order valence-corrected chi connectivity index (χ0v) is 12.3. The van der Waals surface area contributed by atoms with Crippen molar-refractivity contribution in [3.63, 3.8) is 0 Å². The Morgan fingerprint density at radius 1 is 0.870 bits per heavy atom. The van der Waals surface area contributed by atoms with Gasteiger partial charge in [0.15, 0.2) is 0 Å². The lowest BCUT2D eigenvalue weighted by Gasteiger charge is -2.08. The second kappa shape index (κ2) is 5.14. The molecule has 0 saturated heterocycles. The van der Waals surface area contributed by atoms with Crippen molar-refractivity contribution in [1.82, 2.24) is 14.3 Å². The Morgan fingerprint density at radius 3 is 2.13 bits per heavy atom. The monoisotopic (exact) mass is 302 g/mol. The molecular weight excluding hydrogens is 288 g/mol. The fraction of sp³-hybridized carbons (Fsp3) is 0. The molecule has 0 amide bonds. The normalized spacial score (nSPS) is 11.0. The first kappa shape index (κ1) is 13.3. The van der Waals surface area contributed by atoms with E-state index in [4.69, 9.17) is 5.84 Å². The highest BCUT2D eigenvalue weighted by molar-refractivity contribution is 5.67. The Kier molecular flexibility index (Phi) is 2.98. The van der Waals surface area contributed by atoms with E-state index in [0.29, 0.717) is 11.2 Å². The van der Waals surface area contributed by atoms with Crippen molar-refractivity contribution in [2.45, 2.75) is 0 Å². The van der Waals surface area contributed by atoms with E-state index in [-0.39, 0.29) is 5.56 Å². The zero-order chi connectivity index (χ0) is 15.8. The molecule has 2 heterocycles. The maximum absolute atomic E-state index is 12.5. The summed E-state index contributed by atoms with van der Waals surface area (Å²) in [6, 6.07) is 21.0. The Hall–Kier alpha value is -3.34. The van der Waals surface area contributed by atoms with Crippen molar-refractivity contribution >= 4 is 5.52 Å². The van der Waals surface area contributed by atoms with Gasteiger partial charge in [0.25, 0.3) is 5.56 Å². The van der Waals surface area contributed by atoms with Crippen molar-refractivity contribution in [3.05, 3.63) is 83.3 Å². The van der Waals surface area contributed by atoms with Crippen LogP contribution in [0.25, 0.3) is 28.0 Å². The summed E-state index contributed by atoms with van der Waals surface area (Å²) in [7, 11) is 0. The molecule has 0 aliphatic rings. The molecule has 5 heteroatoms. The van der Waals surface area contributed by atoms with Crippen LogP contribution >= 0.6 is 0 Å². The third-order valence-electron chi connectivity index (χ3n) is 3.82. The number of nitrogens with two attached hydrogens (primary N) is 1. The van der Waals surface area contributed by atoms with E-state index in [1.807, 2.05) is 60.7 Å². The Labute approximate surface area is 132 Å². The predicted octanol–water partition coefficient (Wildman–Crippen LogP) is 2.54. The molecule has 0 radical (unpaired) electrons. The van der Waals surface area contributed by atoms with Crippen LogP contribution in [0.2, 0.25) is 0 Å². The first-order valence-corrected chi connectivity index (χ1v) is 7.25. The van der Waals surface area contributed by atoms with E-state index in [9.17, 15) is 4.79 Å². The summed E-state index contributed by atoms with van der Waals surface area (Å²) in [5.41, 5.74) is 3.36. The van der Waals surface area contributed by atoms with Gasteiger partial charge in [-0.05, 0) is 6.07 Å². The molecule has 4 rings (SSSR count). The minimum atomic E-state index is -0.277. The Balaban J connectivity index is 1.96. The lowest BCUT2D eigenvalue weighted by Crippen LogP contribution is -2.30. The zero-order valence-electron chi connectivity index (χ0n) is 12.3. The summed E-state index contributed by atoms with van der Waals surface area (Å²) in [4.78, 5) is 12.5. The standard InChI is InChI=1S/C18H14N4O/c19-22-17(14-9-5-2-6-10-14)12-21-16(18(22)23)11-15(20-21)13-7-3-1-4-8-13/h1-12H,19H2. The van der Waals surface area contributed by atoms with Crippen molar-refractivity contribution in [1.29, 1.82) is 0 Å². The van der Waals surface area contributed by atoms with E-state index in [2.05, 4.69) is 5.10 Å². The molecule has 2 N–H and O–H groups in total. The number of nitrogen functional groups attached to an aromatic ring is 1. The van der Waals surface area contributed by atoms with E-state index < -0.39 is 0 Å². The average molecular weight is 302 g/mol. The van der Waals surface area contributed by atoms with Gasteiger partial charge in [-0.15, -0.1) is 0 Å². The van der Waals surface area contributed by atoms with Crippen LogP contribution in [0.1, 0.15) is 0 Å². The fourth-order valence-electron chi connectivity index (χ4n) is 2.64. The molecule has 0 atom stereocenters. The number of aromatic nitrogens is 3. The molecule has 0 unspecified atom stereocenters. The number of nitrogens with zero attached hydrogens (tertiary/aromatic N) is 3. The van der Waals surface area contributed by atoms with Crippen molar-refractivity contribution in [2.75, 3.05) is 5.84 Å². The summed E-state index contributed by atoms with van der Waals surface area (Å²) in [5.74, 6) is 5.99. The SMILES string of the molecule is Nn1c(-c2ccccc2)cn2nc(-c3ccccc3)cc2c1=O. The number of fused-ring (bicyclic) bond motifs is 1. The third-order valence-corrected chi connectivity index (χ3v) is 3.82. The van der Waals surface area contributed by atoms with Gasteiger partial charge in [-0.1, -0.05) is 60.7 Å². The highest BCUT2D eigenvalue weighted by atomic mass is 16.1. The lowest BCUT2D eigenvalue weighted by molar-refractivity contribution is 0.876. The van der Waals surface area contributed by atoms with Crippen molar-refractivity contribution in [3.8, 4) is 22.5 Å². The highest BCUT2D eigenvalue weighted by Crippen LogP contribution is 2.20. The lowest BCUT2D eigenvalue weighted by atomic mass is 10.1. The maximum Gasteiger partial charge on any atom is 0.295 e. The van der Waals surface area contributed by atoms with Crippen LogP contribution < -0.4 is 11.4 Å². The quantitative estimate of drug-likeness (QED) is 0.579.